The summed E-state index contributed by atoms with van der Waals surface area (Å²) in [5, 5.41) is 0. The number of hydrogen-bond donors (Lipinski definition) is 0. The molecule has 0 aromatic carbocycles. The van der Waals surface area contributed by atoms with Gasteiger partial charge in [0.05, 0.1) is 7.11 Å². The minimum atomic E-state index is -4.42. The Kier molecular flexibility index (Phi) is 2.99. The molecule has 1 rings (SSSR count). The third-order valence-electron chi connectivity index (χ3n) is 1.27. The third-order valence-corrected chi connectivity index (χ3v) is 1.89. The van der Waals surface area contributed by atoms with Gasteiger partial charge in [-0.2, -0.15) is 13.2 Å². The minimum Gasteiger partial charge on any atom is -0.481 e. The van der Waals surface area contributed by atoms with E-state index in [9.17, 15) is 13.2 Å². The SMILES string of the molecule is COc1cc(I)cc(C(F)(F)F)n1. The zero-order valence-electron chi connectivity index (χ0n) is 6.52. The van der Waals surface area contributed by atoms with Crippen LogP contribution in [0.1, 0.15) is 5.69 Å². The Hall–Kier alpha value is -0.530. The zero-order valence-corrected chi connectivity index (χ0v) is 8.68. The number of halogens is 4. The molecule has 0 radical (unpaired) electrons. The summed E-state index contributed by atoms with van der Waals surface area (Å²) in [6.07, 6.45) is -4.42. The Balaban J connectivity index is 3.16. The summed E-state index contributed by atoms with van der Waals surface area (Å²) >= 11 is 1.77. The Morgan fingerprint density at radius 2 is 2.00 bits per heavy atom. The summed E-state index contributed by atoms with van der Waals surface area (Å²) in [5.41, 5.74) is -0.934. The highest BCUT2D eigenvalue weighted by Crippen LogP contribution is 2.30. The van der Waals surface area contributed by atoms with E-state index >= 15 is 0 Å². The maximum absolute atomic E-state index is 12.2. The predicted molar refractivity (Wildman–Crippen MR) is 48.5 cm³/mol. The zero-order chi connectivity index (χ0) is 10.1. The smallest absolute Gasteiger partial charge is 0.433 e. The normalized spacial score (nSPS) is 11.5. The first-order valence-electron chi connectivity index (χ1n) is 3.22. The number of aromatic nitrogens is 1. The van der Waals surface area contributed by atoms with Crippen molar-refractivity contribution < 1.29 is 17.9 Å². The van der Waals surface area contributed by atoms with Crippen LogP contribution in [0.4, 0.5) is 13.2 Å². The maximum Gasteiger partial charge on any atom is 0.433 e. The van der Waals surface area contributed by atoms with Gasteiger partial charge in [0.25, 0.3) is 0 Å². The molecule has 0 aliphatic heterocycles. The van der Waals surface area contributed by atoms with E-state index in [1.807, 2.05) is 0 Å². The number of ether oxygens (including phenoxy) is 1. The van der Waals surface area contributed by atoms with Crippen molar-refractivity contribution >= 4 is 22.6 Å². The molecule has 0 aliphatic rings. The average Bonchev–Trinajstić information content (AvgIpc) is 2.01. The number of pyridine rings is 1. The van der Waals surface area contributed by atoms with Crippen molar-refractivity contribution in [1.29, 1.82) is 0 Å². The van der Waals surface area contributed by atoms with E-state index in [-0.39, 0.29) is 5.88 Å². The molecule has 0 atom stereocenters. The average molecular weight is 303 g/mol. The first-order valence-corrected chi connectivity index (χ1v) is 4.30. The topological polar surface area (TPSA) is 22.1 Å². The molecule has 2 nitrogen and oxygen atoms in total. The molecular weight excluding hydrogens is 298 g/mol. The van der Waals surface area contributed by atoms with Gasteiger partial charge in [-0.1, -0.05) is 0 Å². The fraction of sp³-hybridized carbons (Fsp3) is 0.286. The first kappa shape index (κ1) is 10.6. The lowest BCUT2D eigenvalue weighted by molar-refractivity contribution is -0.141. The van der Waals surface area contributed by atoms with Gasteiger partial charge in [0.2, 0.25) is 5.88 Å². The van der Waals surface area contributed by atoms with Crippen molar-refractivity contribution in [3.05, 3.63) is 21.4 Å². The molecule has 13 heavy (non-hydrogen) atoms. The number of hydrogen-bond acceptors (Lipinski definition) is 2. The van der Waals surface area contributed by atoms with Crippen molar-refractivity contribution in [2.75, 3.05) is 7.11 Å². The van der Waals surface area contributed by atoms with Crippen molar-refractivity contribution in [1.82, 2.24) is 4.98 Å². The molecule has 0 fully saturated rings. The molecule has 0 N–H and O–H groups in total. The van der Waals surface area contributed by atoms with Crippen LogP contribution in [0.3, 0.4) is 0 Å². The van der Waals surface area contributed by atoms with Crippen molar-refractivity contribution in [2.45, 2.75) is 6.18 Å². The van der Waals surface area contributed by atoms with E-state index in [4.69, 9.17) is 0 Å². The summed E-state index contributed by atoms with van der Waals surface area (Å²) in [6, 6.07) is 2.39. The lowest BCUT2D eigenvalue weighted by Gasteiger charge is -2.07. The molecule has 1 aromatic rings. The molecule has 0 amide bonds. The predicted octanol–water partition coefficient (Wildman–Crippen LogP) is 2.71. The number of methoxy groups -OCH3 is 1. The molecule has 72 valence electrons. The second-order valence-electron chi connectivity index (χ2n) is 2.21. The second kappa shape index (κ2) is 3.69. The number of nitrogens with zero attached hydrogens (tertiary/aromatic N) is 1. The van der Waals surface area contributed by atoms with Crippen LogP contribution < -0.4 is 4.74 Å². The molecule has 0 saturated carbocycles. The highest BCUT2D eigenvalue weighted by atomic mass is 127. The van der Waals surface area contributed by atoms with Crippen LogP contribution in [0.25, 0.3) is 0 Å². The highest BCUT2D eigenvalue weighted by Gasteiger charge is 2.33. The standard InChI is InChI=1S/C7H5F3INO/c1-13-6-3-4(11)2-5(12-6)7(8,9)10/h2-3H,1H3. The molecule has 0 spiro atoms. The molecule has 0 unspecified atom stereocenters. The molecule has 0 aliphatic carbocycles. The molecule has 6 heteroatoms. The van der Waals surface area contributed by atoms with Crippen LogP contribution in [0.5, 0.6) is 5.88 Å². The molecule has 0 bridgehead atoms. The quantitative estimate of drug-likeness (QED) is 0.744. The Morgan fingerprint density at radius 3 is 2.46 bits per heavy atom. The van der Waals surface area contributed by atoms with Gasteiger partial charge in [-0.15, -0.1) is 0 Å². The van der Waals surface area contributed by atoms with Gasteiger partial charge in [0.15, 0.2) is 0 Å². The van der Waals surface area contributed by atoms with E-state index in [1.165, 1.54) is 13.2 Å². The van der Waals surface area contributed by atoms with Crippen molar-refractivity contribution in [3.63, 3.8) is 0 Å². The van der Waals surface area contributed by atoms with Gasteiger partial charge in [0.1, 0.15) is 5.69 Å². The number of alkyl halides is 3. The van der Waals surface area contributed by atoms with Gasteiger partial charge >= 0.3 is 6.18 Å². The summed E-state index contributed by atoms with van der Waals surface area (Å²) in [6.45, 7) is 0. The number of rotatable bonds is 1. The van der Waals surface area contributed by atoms with E-state index < -0.39 is 11.9 Å². The van der Waals surface area contributed by atoms with Crippen LogP contribution in [0, 0.1) is 3.57 Å². The van der Waals surface area contributed by atoms with Crippen molar-refractivity contribution in [3.8, 4) is 5.88 Å². The summed E-state index contributed by atoms with van der Waals surface area (Å²) in [4.78, 5) is 3.27. The highest BCUT2D eigenvalue weighted by molar-refractivity contribution is 14.1. The second-order valence-corrected chi connectivity index (χ2v) is 3.46. The largest absolute Gasteiger partial charge is 0.481 e. The van der Waals surface area contributed by atoms with Gasteiger partial charge in [0, 0.05) is 9.64 Å². The molecule has 0 saturated heterocycles. The van der Waals surface area contributed by atoms with Crippen molar-refractivity contribution in [2.24, 2.45) is 0 Å². The summed E-state index contributed by atoms with van der Waals surface area (Å²) in [5.74, 6) is -0.0285. The van der Waals surface area contributed by atoms with Gasteiger partial charge < -0.3 is 4.74 Å². The van der Waals surface area contributed by atoms with Crippen LogP contribution in [-0.4, -0.2) is 12.1 Å². The summed E-state index contributed by atoms with van der Waals surface area (Å²) < 4.78 is 41.5. The van der Waals surface area contributed by atoms with E-state index in [0.717, 1.165) is 6.07 Å². The monoisotopic (exact) mass is 303 g/mol. The molecule has 1 heterocycles. The summed E-state index contributed by atoms with van der Waals surface area (Å²) in [7, 11) is 1.28. The van der Waals surface area contributed by atoms with Gasteiger partial charge in [-0.3, -0.25) is 0 Å². The lowest BCUT2D eigenvalue weighted by Crippen LogP contribution is -2.08. The fourth-order valence-corrected chi connectivity index (χ4v) is 1.28. The van der Waals surface area contributed by atoms with Gasteiger partial charge in [-0.25, -0.2) is 4.98 Å². The maximum atomic E-state index is 12.2. The third kappa shape index (κ3) is 2.71. The molecular formula is C7H5F3INO. The Bertz CT molecular complexity index is 313. The Labute approximate surface area is 86.3 Å². The van der Waals surface area contributed by atoms with E-state index in [1.54, 1.807) is 22.6 Å². The van der Waals surface area contributed by atoms with Crippen LogP contribution in [0.2, 0.25) is 0 Å². The van der Waals surface area contributed by atoms with Crippen LogP contribution in [-0.2, 0) is 6.18 Å². The minimum absolute atomic E-state index is 0.0285. The molecule has 1 aromatic heterocycles. The van der Waals surface area contributed by atoms with Crippen LogP contribution in [0.15, 0.2) is 12.1 Å². The van der Waals surface area contributed by atoms with Crippen LogP contribution >= 0.6 is 22.6 Å². The first-order chi connectivity index (χ1) is 5.93. The van der Waals surface area contributed by atoms with E-state index in [2.05, 4.69) is 9.72 Å². The van der Waals surface area contributed by atoms with E-state index in [0.29, 0.717) is 3.57 Å². The Morgan fingerprint density at radius 1 is 1.38 bits per heavy atom. The lowest BCUT2D eigenvalue weighted by atomic mass is 10.3. The van der Waals surface area contributed by atoms with Gasteiger partial charge in [-0.05, 0) is 28.7 Å². The fourth-order valence-electron chi connectivity index (χ4n) is 0.723.